The zero-order valence-corrected chi connectivity index (χ0v) is 11.5. The number of benzene rings is 2. The van der Waals surface area contributed by atoms with E-state index in [1.165, 1.54) is 5.56 Å². The van der Waals surface area contributed by atoms with Crippen molar-refractivity contribution in [2.45, 2.75) is 20.8 Å². The lowest BCUT2D eigenvalue weighted by molar-refractivity contribution is 0.480. The predicted octanol–water partition coefficient (Wildman–Crippen LogP) is 4.64. The molecule has 2 rings (SSSR count). The summed E-state index contributed by atoms with van der Waals surface area (Å²) >= 11 is 5.98. The fourth-order valence-corrected chi connectivity index (χ4v) is 2.00. The van der Waals surface area contributed by atoms with Crippen LogP contribution in [0, 0.1) is 20.8 Å². The van der Waals surface area contributed by atoms with Crippen molar-refractivity contribution < 1.29 is 4.74 Å². The highest BCUT2D eigenvalue weighted by molar-refractivity contribution is 6.33. The first kappa shape index (κ1) is 12.8. The molecule has 0 aliphatic rings. The molecule has 0 heterocycles. The highest BCUT2D eigenvalue weighted by Crippen LogP contribution is 2.35. The summed E-state index contributed by atoms with van der Waals surface area (Å²) in [5, 5.41) is 0.509. The summed E-state index contributed by atoms with van der Waals surface area (Å²) in [6.45, 7) is 6.14. The van der Waals surface area contributed by atoms with E-state index in [-0.39, 0.29) is 0 Å². The van der Waals surface area contributed by atoms with Gasteiger partial charge in [-0.15, -0.1) is 0 Å². The van der Waals surface area contributed by atoms with Crippen LogP contribution in [0.1, 0.15) is 16.7 Å². The molecule has 94 valence electrons. The Balaban J connectivity index is 2.43. The van der Waals surface area contributed by atoms with Crippen molar-refractivity contribution in [1.82, 2.24) is 0 Å². The van der Waals surface area contributed by atoms with E-state index in [1.807, 2.05) is 32.0 Å². The van der Waals surface area contributed by atoms with Gasteiger partial charge in [0, 0.05) is 0 Å². The van der Waals surface area contributed by atoms with Gasteiger partial charge in [0.2, 0.25) is 0 Å². The molecule has 0 aliphatic heterocycles. The fourth-order valence-electron chi connectivity index (χ4n) is 1.83. The molecule has 0 spiro atoms. The Labute approximate surface area is 112 Å². The third-order valence-corrected chi connectivity index (χ3v) is 3.33. The number of rotatable bonds is 2. The molecule has 0 atom stereocenters. The minimum atomic E-state index is 0.470. The van der Waals surface area contributed by atoms with E-state index in [0.29, 0.717) is 16.5 Å². The van der Waals surface area contributed by atoms with Crippen LogP contribution >= 0.6 is 11.6 Å². The molecule has 2 N–H and O–H groups in total. The van der Waals surface area contributed by atoms with Crippen LogP contribution in [0.25, 0.3) is 0 Å². The molecule has 2 aromatic rings. The molecule has 0 amide bonds. The van der Waals surface area contributed by atoms with E-state index in [4.69, 9.17) is 22.1 Å². The molecular formula is C15H16ClNO. The Bertz CT molecular complexity index is 593. The van der Waals surface area contributed by atoms with Gasteiger partial charge in [0.15, 0.2) is 5.75 Å². The Morgan fingerprint density at radius 3 is 2.50 bits per heavy atom. The molecule has 0 saturated heterocycles. The van der Waals surface area contributed by atoms with Crippen LogP contribution in [0.4, 0.5) is 5.69 Å². The maximum atomic E-state index is 5.98. The van der Waals surface area contributed by atoms with Crippen molar-refractivity contribution in [1.29, 1.82) is 0 Å². The minimum Gasteiger partial charge on any atom is -0.455 e. The van der Waals surface area contributed by atoms with Crippen LogP contribution in [-0.4, -0.2) is 0 Å². The molecule has 0 bridgehead atoms. The van der Waals surface area contributed by atoms with Gasteiger partial charge in [-0.2, -0.15) is 0 Å². The number of ether oxygens (including phenoxy) is 1. The second kappa shape index (κ2) is 4.91. The highest BCUT2D eigenvalue weighted by Gasteiger charge is 2.09. The van der Waals surface area contributed by atoms with Gasteiger partial charge in [-0.3, -0.25) is 0 Å². The second-order valence-electron chi connectivity index (χ2n) is 4.46. The number of hydrogen-bond donors (Lipinski definition) is 1. The first-order valence-electron chi connectivity index (χ1n) is 5.78. The van der Waals surface area contributed by atoms with E-state index in [2.05, 4.69) is 13.0 Å². The number of halogens is 1. The molecule has 3 heteroatoms. The zero-order valence-electron chi connectivity index (χ0n) is 10.8. The lowest BCUT2D eigenvalue weighted by atomic mass is 10.1. The number of nitrogens with two attached hydrogens (primary N) is 1. The average molecular weight is 262 g/mol. The maximum absolute atomic E-state index is 5.98. The zero-order chi connectivity index (χ0) is 13.3. The van der Waals surface area contributed by atoms with Gasteiger partial charge in [0.05, 0.1) is 10.7 Å². The third kappa shape index (κ3) is 2.44. The van der Waals surface area contributed by atoms with Crippen molar-refractivity contribution in [2.24, 2.45) is 0 Å². The van der Waals surface area contributed by atoms with Gasteiger partial charge in [-0.1, -0.05) is 23.7 Å². The minimum absolute atomic E-state index is 0.470. The van der Waals surface area contributed by atoms with Crippen LogP contribution in [0.2, 0.25) is 5.02 Å². The number of anilines is 1. The van der Waals surface area contributed by atoms with Gasteiger partial charge in [-0.25, -0.2) is 0 Å². The van der Waals surface area contributed by atoms with Gasteiger partial charge >= 0.3 is 0 Å². The molecule has 0 aromatic heterocycles. The monoisotopic (exact) mass is 261 g/mol. The summed E-state index contributed by atoms with van der Waals surface area (Å²) in [5.74, 6) is 1.41. The van der Waals surface area contributed by atoms with Crippen molar-refractivity contribution in [3.05, 3.63) is 52.0 Å². The SMILES string of the molecule is Cc1cc(C)c(C)c(Oc2cccc(Cl)c2N)c1. The highest BCUT2D eigenvalue weighted by atomic mass is 35.5. The Morgan fingerprint density at radius 1 is 1.06 bits per heavy atom. The number of hydrogen-bond acceptors (Lipinski definition) is 2. The Kier molecular flexibility index (Phi) is 3.48. The van der Waals surface area contributed by atoms with Crippen LogP contribution in [0.15, 0.2) is 30.3 Å². The number of aryl methyl sites for hydroxylation is 2. The molecule has 0 fully saturated rings. The fraction of sp³-hybridized carbons (Fsp3) is 0.200. The van der Waals surface area contributed by atoms with E-state index in [0.717, 1.165) is 16.9 Å². The van der Waals surface area contributed by atoms with E-state index >= 15 is 0 Å². The predicted molar refractivity (Wildman–Crippen MR) is 76.6 cm³/mol. The number of para-hydroxylation sites is 1. The van der Waals surface area contributed by atoms with Crippen LogP contribution in [0.5, 0.6) is 11.5 Å². The van der Waals surface area contributed by atoms with Crippen LogP contribution in [0.3, 0.4) is 0 Å². The summed E-state index contributed by atoms with van der Waals surface area (Å²) < 4.78 is 5.87. The van der Waals surface area contributed by atoms with Crippen molar-refractivity contribution in [2.75, 3.05) is 5.73 Å². The Hall–Kier alpha value is -1.67. The molecule has 18 heavy (non-hydrogen) atoms. The Morgan fingerprint density at radius 2 is 1.78 bits per heavy atom. The summed E-state index contributed by atoms with van der Waals surface area (Å²) in [5.41, 5.74) is 9.84. The van der Waals surface area contributed by atoms with Crippen molar-refractivity contribution in [3.8, 4) is 11.5 Å². The summed E-state index contributed by atoms with van der Waals surface area (Å²) in [4.78, 5) is 0. The van der Waals surface area contributed by atoms with Crippen LogP contribution < -0.4 is 10.5 Å². The van der Waals surface area contributed by atoms with Crippen LogP contribution in [-0.2, 0) is 0 Å². The van der Waals surface area contributed by atoms with Crippen molar-refractivity contribution in [3.63, 3.8) is 0 Å². The quantitative estimate of drug-likeness (QED) is 0.800. The van der Waals surface area contributed by atoms with Gasteiger partial charge < -0.3 is 10.5 Å². The molecule has 0 unspecified atom stereocenters. The molecule has 2 nitrogen and oxygen atoms in total. The van der Waals surface area contributed by atoms with Crippen molar-refractivity contribution >= 4 is 17.3 Å². The van der Waals surface area contributed by atoms with Gasteiger partial charge in [0.25, 0.3) is 0 Å². The number of nitrogen functional groups attached to an aromatic ring is 1. The summed E-state index contributed by atoms with van der Waals surface area (Å²) in [6, 6.07) is 9.52. The average Bonchev–Trinajstić information content (AvgIpc) is 2.31. The topological polar surface area (TPSA) is 35.2 Å². The summed E-state index contributed by atoms with van der Waals surface area (Å²) in [6.07, 6.45) is 0. The van der Waals surface area contributed by atoms with E-state index in [9.17, 15) is 0 Å². The first-order chi connectivity index (χ1) is 8.49. The van der Waals surface area contributed by atoms with Gasteiger partial charge in [0.1, 0.15) is 5.75 Å². The lowest BCUT2D eigenvalue weighted by Gasteiger charge is -2.14. The first-order valence-corrected chi connectivity index (χ1v) is 6.16. The normalized spacial score (nSPS) is 10.4. The molecule has 0 aliphatic carbocycles. The third-order valence-electron chi connectivity index (χ3n) is 3.00. The van der Waals surface area contributed by atoms with Gasteiger partial charge in [-0.05, 0) is 55.7 Å². The molecule has 0 saturated carbocycles. The lowest BCUT2D eigenvalue weighted by Crippen LogP contribution is -1.96. The second-order valence-corrected chi connectivity index (χ2v) is 4.87. The summed E-state index contributed by atoms with van der Waals surface area (Å²) in [7, 11) is 0. The largest absolute Gasteiger partial charge is 0.455 e. The van der Waals surface area contributed by atoms with E-state index in [1.54, 1.807) is 6.07 Å². The smallest absolute Gasteiger partial charge is 0.151 e. The maximum Gasteiger partial charge on any atom is 0.151 e. The molecular weight excluding hydrogens is 246 g/mol. The van der Waals surface area contributed by atoms with E-state index < -0.39 is 0 Å². The molecule has 2 aromatic carbocycles. The molecule has 0 radical (unpaired) electrons. The standard InChI is InChI=1S/C15H16ClNO/c1-9-7-10(2)11(3)14(8-9)18-13-6-4-5-12(16)15(13)17/h4-8H,17H2,1-3H3.